The quantitative estimate of drug-likeness (QED) is 0.364. The van der Waals surface area contributed by atoms with Crippen LogP contribution < -0.4 is 9.72 Å². The van der Waals surface area contributed by atoms with Crippen LogP contribution in [0, 0.1) is 18.3 Å². The summed E-state index contributed by atoms with van der Waals surface area (Å²) in [7, 11) is 0. The molecule has 5 aromatic rings. The number of nitrogens with zero attached hydrogens (tertiary/aromatic N) is 3. The van der Waals surface area contributed by atoms with Crippen LogP contribution in [0.15, 0.2) is 73.1 Å². The Morgan fingerprint density at radius 1 is 1.06 bits per heavy atom. The molecule has 0 amide bonds. The maximum absolute atomic E-state index is 10.0. The summed E-state index contributed by atoms with van der Waals surface area (Å²) in [5.41, 5.74) is 7.70. The summed E-state index contributed by atoms with van der Waals surface area (Å²) in [5.74, 6) is 0.966. The number of para-hydroxylation sites is 2. The molecule has 32 heavy (non-hydrogen) atoms. The van der Waals surface area contributed by atoms with Crippen molar-refractivity contribution in [2.24, 2.45) is 0 Å². The highest BCUT2D eigenvalue weighted by molar-refractivity contribution is 6.30. The van der Waals surface area contributed by atoms with E-state index in [-0.39, 0.29) is 0 Å². The van der Waals surface area contributed by atoms with Crippen molar-refractivity contribution in [1.29, 1.82) is 5.26 Å². The van der Waals surface area contributed by atoms with Crippen molar-refractivity contribution in [3.8, 4) is 6.07 Å². The van der Waals surface area contributed by atoms with Gasteiger partial charge < -0.3 is 5.32 Å². The number of nitriles is 1. The average molecular weight is 439 g/mol. The van der Waals surface area contributed by atoms with E-state index in [0.29, 0.717) is 23.6 Å². The van der Waals surface area contributed by atoms with Crippen LogP contribution in [0.25, 0.3) is 16.7 Å². The highest BCUT2D eigenvalue weighted by Gasteiger charge is 2.25. The highest BCUT2D eigenvalue weighted by atomic mass is 35.5. The molecule has 0 saturated carbocycles. The monoisotopic (exact) mass is 438 g/mol. The van der Waals surface area contributed by atoms with Gasteiger partial charge in [-0.25, -0.2) is 0 Å². The molecule has 0 radical (unpaired) electrons. The minimum absolute atomic E-state index is 0.619. The van der Waals surface area contributed by atoms with E-state index in [1.807, 2.05) is 67.7 Å². The summed E-state index contributed by atoms with van der Waals surface area (Å²) in [6, 6.07) is 22.4. The third kappa shape index (κ3) is 3.55. The van der Waals surface area contributed by atoms with E-state index < -0.39 is 0 Å². The minimum atomic E-state index is 0.619. The Morgan fingerprint density at radius 2 is 1.88 bits per heavy atom. The molecule has 5 nitrogen and oxygen atoms in total. The molecule has 156 valence electrons. The van der Waals surface area contributed by atoms with Crippen LogP contribution >= 0.6 is 11.6 Å². The van der Waals surface area contributed by atoms with E-state index >= 15 is 0 Å². The van der Waals surface area contributed by atoms with Crippen molar-refractivity contribution in [2.45, 2.75) is 19.9 Å². The summed E-state index contributed by atoms with van der Waals surface area (Å²) in [6.07, 6.45) is 4.31. The molecule has 0 unspecified atom stereocenters. The Labute approximate surface area is 190 Å². The fourth-order valence-electron chi connectivity index (χ4n) is 4.16. The first-order valence-corrected chi connectivity index (χ1v) is 10.8. The molecule has 2 aromatic carbocycles. The molecular weight excluding hydrogens is 418 g/mol. The predicted octanol–water partition coefficient (Wildman–Crippen LogP) is 5.34. The second-order valence-corrected chi connectivity index (χ2v) is 8.22. The number of rotatable bonds is 5. The average Bonchev–Trinajstić information content (AvgIpc) is 3.20. The summed E-state index contributed by atoms with van der Waals surface area (Å²) in [4.78, 5) is 7.68. The molecule has 0 aliphatic heterocycles. The first kappa shape index (κ1) is 20.0. The van der Waals surface area contributed by atoms with Crippen LogP contribution in [0.1, 0.15) is 27.8 Å². The van der Waals surface area contributed by atoms with Gasteiger partial charge in [-0.15, -0.1) is 0 Å². The van der Waals surface area contributed by atoms with Crippen LogP contribution in [0.4, 0.5) is 5.82 Å². The summed E-state index contributed by atoms with van der Waals surface area (Å²) in [5, 5.41) is 14.4. The van der Waals surface area contributed by atoms with E-state index in [1.54, 1.807) is 6.20 Å². The molecule has 2 N–H and O–H groups in total. The second-order valence-electron chi connectivity index (χ2n) is 7.78. The molecule has 3 heterocycles. The third-order valence-corrected chi connectivity index (χ3v) is 6.04. The van der Waals surface area contributed by atoms with E-state index in [1.165, 1.54) is 0 Å². The van der Waals surface area contributed by atoms with E-state index in [2.05, 4.69) is 31.8 Å². The summed E-state index contributed by atoms with van der Waals surface area (Å²) < 4.78 is 2.13. The number of H-pyrrole nitrogens is 1. The van der Waals surface area contributed by atoms with E-state index in [9.17, 15) is 5.26 Å². The lowest BCUT2D eigenvalue weighted by Gasteiger charge is -2.14. The van der Waals surface area contributed by atoms with Gasteiger partial charge in [-0.05, 0) is 48.4 Å². The smallest absolute Gasteiger partial charge is 0.250 e. The van der Waals surface area contributed by atoms with Crippen LogP contribution in [0.5, 0.6) is 0 Å². The van der Waals surface area contributed by atoms with Gasteiger partial charge in [0.2, 0.25) is 11.5 Å². The number of benzene rings is 2. The van der Waals surface area contributed by atoms with Gasteiger partial charge in [0, 0.05) is 35.0 Å². The number of aromatic amines is 1. The van der Waals surface area contributed by atoms with Gasteiger partial charge in [0.25, 0.3) is 0 Å². The lowest BCUT2D eigenvalue weighted by atomic mass is 9.97. The molecule has 0 aliphatic rings. The minimum Gasteiger partial charge on any atom is -0.301 e. The largest absolute Gasteiger partial charge is 0.301 e. The molecular formula is C26H21ClN5+. The predicted molar refractivity (Wildman–Crippen MR) is 127 cm³/mol. The Balaban J connectivity index is 1.75. The highest BCUT2D eigenvalue weighted by Crippen LogP contribution is 2.28. The Bertz CT molecular complexity index is 1460. The number of halogens is 1. The molecule has 0 fully saturated rings. The van der Waals surface area contributed by atoms with Crippen molar-refractivity contribution in [3.05, 3.63) is 106 Å². The number of aromatic nitrogens is 3. The number of fused-ring (bicyclic) bond motifs is 3. The lowest BCUT2D eigenvalue weighted by molar-refractivity contribution is -0.465. The maximum atomic E-state index is 10.0. The zero-order chi connectivity index (χ0) is 22.1. The van der Waals surface area contributed by atoms with Crippen molar-refractivity contribution < 1.29 is 4.40 Å². The van der Waals surface area contributed by atoms with Gasteiger partial charge in [0.15, 0.2) is 0 Å². The molecule has 0 bridgehead atoms. The second kappa shape index (κ2) is 8.33. The summed E-state index contributed by atoms with van der Waals surface area (Å²) in [6.45, 7) is 2.64. The maximum Gasteiger partial charge on any atom is 0.250 e. The zero-order valence-electron chi connectivity index (χ0n) is 17.6. The number of pyridine rings is 2. The fraction of sp³-hybridized carbons (Fsp3) is 0.115. The number of nitrogens with one attached hydrogen (secondary N) is 2. The SMILES string of the molecule is Cc1c(Cc2ccc(Cl)cc2)c(NCc2cccnc2)[n+]2c([nH]c3ccccc32)c1C#N. The van der Waals surface area contributed by atoms with Gasteiger partial charge in [0.05, 0.1) is 6.54 Å². The number of anilines is 1. The molecule has 0 aliphatic carbocycles. The molecule has 6 heteroatoms. The standard InChI is InChI=1S/C26H20ClN5/c1-17-21(13-18-8-10-20(27)11-9-18)25(30-16-19-5-4-12-29-15-19)32-24-7-3-2-6-23(24)31-26(32)22(17)14-28/h2-12,15H,13,16H2,1H3,(H,30,31)/p+1. The Kier molecular flexibility index (Phi) is 5.22. The van der Waals surface area contributed by atoms with Crippen LogP contribution in [0.3, 0.4) is 0 Å². The molecule has 0 saturated heterocycles. The van der Waals surface area contributed by atoms with Gasteiger partial charge in [-0.3, -0.25) is 9.97 Å². The van der Waals surface area contributed by atoms with Crippen molar-refractivity contribution in [3.63, 3.8) is 0 Å². The normalized spacial score (nSPS) is 11.0. The van der Waals surface area contributed by atoms with Crippen molar-refractivity contribution in [1.82, 2.24) is 9.97 Å². The van der Waals surface area contributed by atoms with E-state index in [4.69, 9.17) is 11.6 Å². The molecule has 0 spiro atoms. The van der Waals surface area contributed by atoms with Crippen LogP contribution in [0.2, 0.25) is 5.02 Å². The van der Waals surface area contributed by atoms with Crippen LogP contribution in [-0.2, 0) is 13.0 Å². The molecule has 0 atom stereocenters. The third-order valence-electron chi connectivity index (χ3n) is 5.78. The number of hydrogen-bond acceptors (Lipinski definition) is 3. The Hall–Kier alpha value is -3.88. The van der Waals surface area contributed by atoms with Crippen molar-refractivity contribution in [2.75, 3.05) is 5.32 Å². The lowest BCUT2D eigenvalue weighted by Crippen LogP contribution is -2.30. The van der Waals surface area contributed by atoms with Gasteiger partial charge >= 0.3 is 0 Å². The number of hydrogen-bond donors (Lipinski definition) is 2. The summed E-state index contributed by atoms with van der Waals surface area (Å²) >= 11 is 6.10. The first-order chi connectivity index (χ1) is 15.7. The van der Waals surface area contributed by atoms with Gasteiger partial charge in [-0.2, -0.15) is 9.66 Å². The molecule has 5 rings (SSSR count). The number of imidazole rings is 1. The van der Waals surface area contributed by atoms with Gasteiger partial charge in [-0.1, -0.05) is 41.9 Å². The van der Waals surface area contributed by atoms with Gasteiger partial charge in [0.1, 0.15) is 22.7 Å². The van der Waals surface area contributed by atoms with Crippen molar-refractivity contribution >= 4 is 34.1 Å². The topological polar surface area (TPSA) is 68.6 Å². The first-order valence-electron chi connectivity index (χ1n) is 10.4. The fourth-order valence-corrected chi connectivity index (χ4v) is 4.29. The van der Waals surface area contributed by atoms with Crippen LogP contribution in [-0.4, -0.2) is 9.97 Å². The Morgan fingerprint density at radius 3 is 2.62 bits per heavy atom. The zero-order valence-corrected chi connectivity index (χ0v) is 18.3. The molecule has 3 aromatic heterocycles. The van der Waals surface area contributed by atoms with E-state index in [0.717, 1.165) is 44.8 Å².